The summed E-state index contributed by atoms with van der Waals surface area (Å²) in [7, 11) is 0. The molecule has 1 fully saturated rings. The Bertz CT molecular complexity index is 352. The van der Waals surface area contributed by atoms with Gasteiger partial charge in [-0.25, -0.2) is 0 Å². The standard InChI is InChI=1S/C11H14BrNO2/c12-7-1-4-11(15-8-2-3-8)9(5-7)10(13)6-14/h1,4-5,8,10,14H,2-3,6,13H2. The lowest BCUT2D eigenvalue weighted by atomic mass is 10.1. The highest BCUT2D eigenvalue weighted by atomic mass is 79.9. The van der Waals surface area contributed by atoms with Crippen molar-refractivity contribution in [3.8, 4) is 5.75 Å². The summed E-state index contributed by atoms with van der Waals surface area (Å²) in [6.45, 7) is -0.0719. The van der Waals surface area contributed by atoms with Crippen molar-refractivity contribution >= 4 is 15.9 Å². The lowest BCUT2D eigenvalue weighted by Crippen LogP contribution is -2.16. The van der Waals surface area contributed by atoms with Crippen molar-refractivity contribution in [3.05, 3.63) is 28.2 Å². The molecule has 0 saturated heterocycles. The summed E-state index contributed by atoms with van der Waals surface area (Å²) in [6.07, 6.45) is 2.57. The molecule has 1 unspecified atom stereocenters. The molecule has 0 spiro atoms. The van der Waals surface area contributed by atoms with Crippen LogP contribution in [0.4, 0.5) is 0 Å². The number of halogens is 1. The van der Waals surface area contributed by atoms with Gasteiger partial charge < -0.3 is 15.6 Å². The number of hydrogen-bond donors (Lipinski definition) is 2. The molecule has 0 amide bonds. The fourth-order valence-corrected chi connectivity index (χ4v) is 1.76. The van der Waals surface area contributed by atoms with Gasteiger partial charge in [0.15, 0.2) is 0 Å². The molecule has 1 aromatic rings. The van der Waals surface area contributed by atoms with E-state index < -0.39 is 0 Å². The molecule has 0 radical (unpaired) electrons. The predicted molar refractivity (Wildman–Crippen MR) is 61.8 cm³/mol. The van der Waals surface area contributed by atoms with Crippen molar-refractivity contribution in [2.24, 2.45) is 5.73 Å². The van der Waals surface area contributed by atoms with E-state index in [0.29, 0.717) is 6.10 Å². The zero-order valence-electron chi connectivity index (χ0n) is 8.32. The van der Waals surface area contributed by atoms with E-state index in [0.717, 1.165) is 28.6 Å². The summed E-state index contributed by atoms with van der Waals surface area (Å²) in [5.74, 6) is 0.794. The zero-order chi connectivity index (χ0) is 10.8. The Morgan fingerprint density at radius 3 is 2.87 bits per heavy atom. The molecule has 1 aliphatic rings. The minimum atomic E-state index is -0.378. The first-order valence-electron chi connectivity index (χ1n) is 5.03. The van der Waals surface area contributed by atoms with E-state index in [1.54, 1.807) is 0 Å². The minimum absolute atomic E-state index is 0.0719. The van der Waals surface area contributed by atoms with Crippen LogP contribution in [0.3, 0.4) is 0 Å². The van der Waals surface area contributed by atoms with E-state index >= 15 is 0 Å². The van der Waals surface area contributed by atoms with Gasteiger partial charge in [0.25, 0.3) is 0 Å². The van der Waals surface area contributed by atoms with Crippen LogP contribution in [0.5, 0.6) is 5.75 Å². The van der Waals surface area contributed by atoms with Gasteiger partial charge in [-0.2, -0.15) is 0 Å². The Hall–Kier alpha value is -0.580. The lowest BCUT2D eigenvalue weighted by molar-refractivity contribution is 0.257. The maximum Gasteiger partial charge on any atom is 0.124 e. The van der Waals surface area contributed by atoms with Gasteiger partial charge in [0, 0.05) is 10.0 Å². The van der Waals surface area contributed by atoms with Gasteiger partial charge in [0.05, 0.1) is 18.8 Å². The zero-order valence-corrected chi connectivity index (χ0v) is 9.90. The first-order valence-corrected chi connectivity index (χ1v) is 5.82. The molecule has 1 saturated carbocycles. The van der Waals surface area contributed by atoms with Crippen LogP contribution in [0.1, 0.15) is 24.4 Å². The molecule has 0 bridgehead atoms. The van der Waals surface area contributed by atoms with Crippen LogP contribution >= 0.6 is 15.9 Å². The Labute approximate surface area is 97.4 Å². The second-order valence-corrected chi connectivity index (χ2v) is 4.70. The molecule has 3 nitrogen and oxygen atoms in total. The number of rotatable bonds is 4. The molecule has 1 atom stereocenters. The second-order valence-electron chi connectivity index (χ2n) is 3.79. The number of benzene rings is 1. The highest BCUT2D eigenvalue weighted by Gasteiger charge is 2.25. The highest BCUT2D eigenvalue weighted by Crippen LogP contribution is 2.33. The number of nitrogens with two attached hydrogens (primary N) is 1. The molecule has 1 aliphatic carbocycles. The lowest BCUT2D eigenvalue weighted by Gasteiger charge is -2.15. The van der Waals surface area contributed by atoms with Gasteiger partial charge in [-0.05, 0) is 31.0 Å². The molecule has 15 heavy (non-hydrogen) atoms. The SMILES string of the molecule is NC(CO)c1cc(Br)ccc1OC1CC1. The topological polar surface area (TPSA) is 55.5 Å². The maximum absolute atomic E-state index is 9.06. The molecular weight excluding hydrogens is 258 g/mol. The molecule has 2 rings (SSSR count). The van der Waals surface area contributed by atoms with E-state index in [9.17, 15) is 0 Å². The average molecular weight is 272 g/mol. The van der Waals surface area contributed by atoms with Gasteiger partial charge in [-0.15, -0.1) is 0 Å². The molecule has 0 aliphatic heterocycles. The molecule has 0 heterocycles. The number of aliphatic hydroxyl groups excluding tert-OH is 1. The quantitative estimate of drug-likeness (QED) is 0.881. The van der Waals surface area contributed by atoms with Crippen LogP contribution in [-0.4, -0.2) is 17.8 Å². The summed E-state index contributed by atoms with van der Waals surface area (Å²) in [6, 6.07) is 5.34. The van der Waals surface area contributed by atoms with Gasteiger partial charge in [-0.1, -0.05) is 15.9 Å². The third kappa shape index (κ3) is 2.71. The molecule has 4 heteroatoms. The smallest absolute Gasteiger partial charge is 0.124 e. The van der Waals surface area contributed by atoms with Crippen molar-refractivity contribution in [3.63, 3.8) is 0 Å². The fourth-order valence-electron chi connectivity index (χ4n) is 1.38. The second kappa shape index (κ2) is 4.51. The molecule has 1 aromatic carbocycles. The Balaban J connectivity index is 2.25. The first kappa shape index (κ1) is 10.9. The number of ether oxygens (including phenoxy) is 1. The van der Waals surface area contributed by atoms with Crippen molar-refractivity contribution < 1.29 is 9.84 Å². The summed E-state index contributed by atoms with van der Waals surface area (Å²) in [4.78, 5) is 0. The summed E-state index contributed by atoms with van der Waals surface area (Å²) in [5.41, 5.74) is 6.67. The minimum Gasteiger partial charge on any atom is -0.490 e. The average Bonchev–Trinajstić information content (AvgIpc) is 3.03. The normalized spacial score (nSPS) is 17.5. The van der Waals surface area contributed by atoms with Crippen molar-refractivity contribution in [1.29, 1.82) is 0 Å². The van der Waals surface area contributed by atoms with Gasteiger partial charge in [0.1, 0.15) is 5.75 Å². The van der Waals surface area contributed by atoms with Crippen LogP contribution < -0.4 is 10.5 Å². The molecule has 0 aromatic heterocycles. The Kier molecular flexibility index (Phi) is 3.29. The summed E-state index contributed by atoms with van der Waals surface area (Å²) >= 11 is 3.38. The van der Waals surface area contributed by atoms with Crippen LogP contribution in [0.25, 0.3) is 0 Å². The van der Waals surface area contributed by atoms with Gasteiger partial charge in [0.2, 0.25) is 0 Å². The Morgan fingerprint density at radius 1 is 1.53 bits per heavy atom. The Morgan fingerprint density at radius 2 is 2.27 bits per heavy atom. The number of aliphatic hydroxyl groups is 1. The number of hydrogen-bond acceptors (Lipinski definition) is 3. The fraction of sp³-hybridized carbons (Fsp3) is 0.455. The van der Waals surface area contributed by atoms with Crippen LogP contribution in [0.2, 0.25) is 0 Å². The highest BCUT2D eigenvalue weighted by molar-refractivity contribution is 9.10. The van der Waals surface area contributed by atoms with Crippen molar-refractivity contribution in [2.75, 3.05) is 6.61 Å². The van der Waals surface area contributed by atoms with E-state index in [4.69, 9.17) is 15.6 Å². The van der Waals surface area contributed by atoms with Crippen LogP contribution in [0, 0.1) is 0 Å². The van der Waals surface area contributed by atoms with E-state index in [1.165, 1.54) is 0 Å². The molecule has 3 N–H and O–H groups in total. The predicted octanol–water partition coefficient (Wildman–Crippen LogP) is 1.98. The maximum atomic E-state index is 9.06. The van der Waals surface area contributed by atoms with Gasteiger partial charge in [-0.3, -0.25) is 0 Å². The van der Waals surface area contributed by atoms with Crippen LogP contribution in [0.15, 0.2) is 22.7 Å². The largest absolute Gasteiger partial charge is 0.490 e. The summed E-state index contributed by atoms with van der Waals surface area (Å²) < 4.78 is 6.67. The van der Waals surface area contributed by atoms with Crippen molar-refractivity contribution in [2.45, 2.75) is 25.0 Å². The monoisotopic (exact) mass is 271 g/mol. The van der Waals surface area contributed by atoms with Crippen molar-refractivity contribution in [1.82, 2.24) is 0 Å². The first-order chi connectivity index (χ1) is 7.20. The van der Waals surface area contributed by atoms with E-state index in [-0.39, 0.29) is 12.6 Å². The van der Waals surface area contributed by atoms with E-state index in [2.05, 4.69) is 15.9 Å². The molecule has 82 valence electrons. The van der Waals surface area contributed by atoms with Crippen LogP contribution in [-0.2, 0) is 0 Å². The third-order valence-corrected chi connectivity index (χ3v) is 2.88. The third-order valence-electron chi connectivity index (χ3n) is 2.39. The molecular formula is C11H14BrNO2. The van der Waals surface area contributed by atoms with Gasteiger partial charge >= 0.3 is 0 Å². The summed E-state index contributed by atoms with van der Waals surface area (Å²) in [5, 5.41) is 9.06. The van der Waals surface area contributed by atoms with E-state index in [1.807, 2.05) is 18.2 Å².